The minimum Gasteiger partial charge on any atom is -0.497 e. The second kappa shape index (κ2) is 8.00. The van der Waals surface area contributed by atoms with Gasteiger partial charge in [0.25, 0.3) is 0 Å². The molecule has 0 saturated carbocycles. The summed E-state index contributed by atoms with van der Waals surface area (Å²) >= 11 is 0. The Labute approximate surface area is 126 Å². The van der Waals surface area contributed by atoms with Gasteiger partial charge in [0.05, 0.1) is 13.7 Å². The van der Waals surface area contributed by atoms with E-state index in [0.717, 1.165) is 31.1 Å². The average Bonchev–Trinajstić information content (AvgIpc) is 2.49. The monoisotopic (exact) mass is 291 g/mol. The summed E-state index contributed by atoms with van der Waals surface area (Å²) in [6.45, 7) is 3.58. The molecular weight excluding hydrogens is 266 g/mol. The van der Waals surface area contributed by atoms with E-state index in [1.54, 1.807) is 7.11 Å². The highest BCUT2D eigenvalue weighted by molar-refractivity contribution is 5.92. The van der Waals surface area contributed by atoms with Gasteiger partial charge >= 0.3 is 0 Å². The van der Waals surface area contributed by atoms with Crippen molar-refractivity contribution in [3.8, 4) is 5.75 Å². The molecule has 0 spiro atoms. The Morgan fingerprint density at radius 2 is 2.14 bits per heavy atom. The van der Waals surface area contributed by atoms with Crippen molar-refractivity contribution in [2.45, 2.75) is 12.8 Å². The van der Waals surface area contributed by atoms with E-state index < -0.39 is 0 Å². The summed E-state index contributed by atoms with van der Waals surface area (Å²) in [6, 6.07) is 7.39. The van der Waals surface area contributed by atoms with Gasteiger partial charge in [-0.2, -0.15) is 0 Å². The van der Waals surface area contributed by atoms with Gasteiger partial charge < -0.3 is 20.3 Å². The molecule has 1 amide bonds. The molecular formula is C16H25N3O2. The highest BCUT2D eigenvalue weighted by Gasteiger charge is 2.16. The van der Waals surface area contributed by atoms with E-state index in [1.807, 2.05) is 24.3 Å². The Morgan fingerprint density at radius 3 is 2.86 bits per heavy atom. The topological polar surface area (TPSA) is 53.6 Å². The van der Waals surface area contributed by atoms with Gasteiger partial charge in [-0.05, 0) is 57.6 Å². The van der Waals surface area contributed by atoms with E-state index in [1.165, 1.54) is 12.8 Å². The first-order chi connectivity index (χ1) is 10.2. The van der Waals surface area contributed by atoms with Crippen LogP contribution in [0.2, 0.25) is 0 Å². The summed E-state index contributed by atoms with van der Waals surface area (Å²) in [5.74, 6) is 1.41. The number of carbonyl (C=O) groups is 1. The van der Waals surface area contributed by atoms with Crippen molar-refractivity contribution in [2.24, 2.45) is 5.92 Å². The molecule has 1 saturated heterocycles. The Morgan fingerprint density at radius 1 is 1.38 bits per heavy atom. The van der Waals surface area contributed by atoms with Gasteiger partial charge in [-0.3, -0.25) is 4.79 Å². The molecule has 5 heteroatoms. The fourth-order valence-electron chi connectivity index (χ4n) is 2.56. The third-order valence-corrected chi connectivity index (χ3v) is 3.91. The number of piperidine rings is 1. The van der Waals surface area contributed by atoms with Crippen molar-refractivity contribution in [2.75, 3.05) is 45.7 Å². The van der Waals surface area contributed by atoms with E-state index in [4.69, 9.17) is 4.74 Å². The minimum atomic E-state index is -0.0174. The fourth-order valence-corrected chi connectivity index (χ4v) is 2.56. The van der Waals surface area contributed by atoms with Gasteiger partial charge in [-0.15, -0.1) is 0 Å². The number of anilines is 1. The Bertz CT molecular complexity index is 457. The summed E-state index contributed by atoms with van der Waals surface area (Å²) in [4.78, 5) is 14.2. The summed E-state index contributed by atoms with van der Waals surface area (Å²) in [6.07, 6.45) is 2.42. The molecule has 21 heavy (non-hydrogen) atoms. The second-order valence-electron chi connectivity index (χ2n) is 5.66. The van der Waals surface area contributed by atoms with Crippen LogP contribution in [0.1, 0.15) is 12.8 Å². The maximum atomic E-state index is 11.9. The summed E-state index contributed by atoms with van der Waals surface area (Å²) in [7, 11) is 3.77. The second-order valence-corrected chi connectivity index (χ2v) is 5.66. The highest BCUT2D eigenvalue weighted by Crippen LogP contribution is 2.16. The molecule has 1 aromatic rings. The number of likely N-dealkylation sites (tertiary alicyclic amines) is 1. The van der Waals surface area contributed by atoms with Crippen molar-refractivity contribution in [3.05, 3.63) is 24.3 Å². The lowest BCUT2D eigenvalue weighted by Gasteiger charge is -2.28. The molecule has 0 atom stereocenters. The third-order valence-electron chi connectivity index (χ3n) is 3.91. The number of methoxy groups -OCH3 is 1. The standard InChI is InChI=1S/C16H25N3O2/c1-19-8-6-13(7-9-19)11-17-12-16(20)18-14-4-3-5-15(10-14)21-2/h3-5,10,13,17H,6-9,11-12H2,1-2H3,(H,18,20). The summed E-state index contributed by atoms with van der Waals surface area (Å²) in [5.41, 5.74) is 0.764. The highest BCUT2D eigenvalue weighted by atomic mass is 16.5. The maximum absolute atomic E-state index is 11.9. The molecule has 1 aliphatic heterocycles. The van der Waals surface area contributed by atoms with Crippen LogP contribution >= 0.6 is 0 Å². The van der Waals surface area contributed by atoms with Crippen LogP contribution in [0.15, 0.2) is 24.3 Å². The third kappa shape index (κ3) is 5.36. The summed E-state index contributed by atoms with van der Waals surface area (Å²) in [5, 5.41) is 6.13. The summed E-state index contributed by atoms with van der Waals surface area (Å²) < 4.78 is 5.13. The molecule has 2 N–H and O–H groups in total. The average molecular weight is 291 g/mol. The zero-order valence-corrected chi connectivity index (χ0v) is 12.9. The predicted molar refractivity (Wildman–Crippen MR) is 84.7 cm³/mol. The first-order valence-electron chi connectivity index (χ1n) is 7.50. The van der Waals surface area contributed by atoms with Crippen LogP contribution in [0, 0.1) is 5.92 Å². The van der Waals surface area contributed by atoms with Crippen LogP contribution in [0.3, 0.4) is 0 Å². The molecule has 0 bridgehead atoms. The number of hydrogen-bond acceptors (Lipinski definition) is 4. The van der Waals surface area contributed by atoms with Crippen LogP contribution in [-0.2, 0) is 4.79 Å². The number of hydrogen-bond donors (Lipinski definition) is 2. The predicted octanol–water partition coefficient (Wildman–Crippen LogP) is 1.57. The van der Waals surface area contributed by atoms with Crippen LogP contribution in [0.4, 0.5) is 5.69 Å². The van der Waals surface area contributed by atoms with Crippen molar-refractivity contribution in [1.29, 1.82) is 0 Å². The van der Waals surface area contributed by atoms with Gasteiger partial charge in [0.15, 0.2) is 0 Å². The molecule has 116 valence electrons. The lowest BCUT2D eigenvalue weighted by Crippen LogP contribution is -2.37. The van der Waals surface area contributed by atoms with E-state index in [9.17, 15) is 4.79 Å². The number of rotatable bonds is 6. The van der Waals surface area contributed by atoms with Crippen LogP contribution in [-0.4, -0.2) is 51.1 Å². The van der Waals surface area contributed by atoms with Crippen LogP contribution in [0.5, 0.6) is 5.75 Å². The van der Waals surface area contributed by atoms with E-state index >= 15 is 0 Å². The SMILES string of the molecule is COc1cccc(NC(=O)CNCC2CCN(C)CC2)c1. The first-order valence-corrected chi connectivity index (χ1v) is 7.50. The lowest BCUT2D eigenvalue weighted by molar-refractivity contribution is -0.115. The number of benzene rings is 1. The van der Waals surface area contributed by atoms with Gasteiger partial charge in [0.2, 0.25) is 5.91 Å². The van der Waals surface area contributed by atoms with E-state index in [2.05, 4.69) is 22.6 Å². The molecule has 0 aromatic heterocycles. The van der Waals surface area contributed by atoms with Crippen molar-refractivity contribution < 1.29 is 9.53 Å². The molecule has 5 nitrogen and oxygen atoms in total. The Kier molecular flexibility index (Phi) is 6.02. The van der Waals surface area contributed by atoms with Crippen molar-refractivity contribution in [3.63, 3.8) is 0 Å². The molecule has 1 fully saturated rings. The zero-order valence-electron chi connectivity index (χ0n) is 12.9. The first kappa shape index (κ1) is 15.8. The zero-order chi connectivity index (χ0) is 15.1. The molecule has 1 aliphatic rings. The van der Waals surface area contributed by atoms with Crippen LogP contribution < -0.4 is 15.4 Å². The van der Waals surface area contributed by atoms with Gasteiger partial charge in [0.1, 0.15) is 5.75 Å². The number of amides is 1. The number of ether oxygens (including phenoxy) is 1. The Hall–Kier alpha value is -1.59. The molecule has 0 radical (unpaired) electrons. The normalized spacial score (nSPS) is 16.7. The quantitative estimate of drug-likeness (QED) is 0.835. The smallest absolute Gasteiger partial charge is 0.238 e. The van der Waals surface area contributed by atoms with Gasteiger partial charge in [-0.25, -0.2) is 0 Å². The molecule has 2 rings (SSSR count). The minimum absolute atomic E-state index is 0.0174. The van der Waals surface area contributed by atoms with Crippen molar-refractivity contribution in [1.82, 2.24) is 10.2 Å². The molecule has 0 aliphatic carbocycles. The lowest BCUT2D eigenvalue weighted by atomic mass is 9.97. The fraction of sp³-hybridized carbons (Fsp3) is 0.562. The largest absolute Gasteiger partial charge is 0.497 e. The van der Waals surface area contributed by atoms with E-state index in [-0.39, 0.29) is 5.91 Å². The van der Waals surface area contributed by atoms with Crippen LogP contribution in [0.25, 0.3) is 0 Å². The van der Waals surface area contributed by atoms with E-state index in [0.29, 0.717) is 12.5 Å². The van der Waals surface area contributed by atoms with Gasteiger partial charge in [0, 0.05) is 11.8 Å². The molecule has 0 unspecified atom stereocenters. The maximum Gasteiger partial charge on any atom is 0.238 e. The number of nitrogens with one attached hydrogen (secondary N) is 2. The number of nitrogens with zero attached hydrogens (tertiary/aromatic N) is 1. The Balaban J connectivity index is 1.67. The van der Waals surface area contributed by atoms with Gasteiger partial charge in [-0.1, -0.05) is 6.07 Å². The molecule has 1 heterocycles. The number of carbonyl (C=O) groups excluding carboxylic acids is 1. The van der Waals surface area contributed by atoms with Crippen molar-refractivity contribution >= 4 is 11.6 Å². The molecule has 1 aromatic carbocycles.